The molecule has 0 spiro atoms. The lowest BCUT2D eigenvalue weighted by Crippen LogP contribution is -2.25. The Labute approximate surface area is 146 Å². The number of hydrazone groups is 1. The van der Waals surface area contributed by atoms with Gasteiger partial charge >= 0.3 is 0 Å². The number of hydrogen-bond acceptors (Lipinski definition) is 3. The number of aliphatic imine (C=N–C) groups is 1. The molecule has 2 aromatic carbocycles. The average Bonchev–Trinajstić information content (AvgIpc) is 2.64. The van der Waals surface area contributed by atoms with Crippen molar-refractivity contribution in [3.8, 4) is 0 Å². The fraction of sp³-hybridized carbons (Fsp3) is 0.263. The zero-order chi connectivity index (χ0) is 16.9. The van der Waals surface area contributed by atoms with Crippen LogP contribution in [0.3, 0.4) is 0 Å². The minimum absolute atomic E-state index is 0.323. The van der Waals surface area contributed by atoms with Gasteiger partial charge in [0.1, 0.15) is 11.5 Å². The largest absolute Gasteiger partial charge is 0.255 e. The zero-order valence-corrected chi connectivity index (χ0v) is 14.6. The third-order valence-corrected chi connectivity index (χ3v) is 5.01. The maximum atomic E-state index is 13.6. The lowest BCUT2D eigenvalue weighted by atomic mass is 9.97. The van der Waals surface area contributed by atoms with Gasteiger partial charge in [0.05, 0.1) is 5.71 Å². The van der Waals surface area contributed by atoms with E-state index in [-0.39, 0.29) is 5.82 Å². The number of nitrogens with zero attached hydrogens (tertiary/aromatic N) is 2. The molecule has 0 bridgehead atoms. The van der Waals surface area contributed by atoms with Crippen LogP contribution >= 0.6 is 11.8 Å². The Kier molecular flexibility index (Phi) is 5.30. The molecule has 0 radical (unpaired) electrons. The van der Waals surface area contributed by atoms with Gasteiger partial charge in [-0.15, -0.1) is 0 Å². The second-order valence-corrected chi connectivity index (χ2v) is 6.72. The van der Waals surface area contributed by atoms with E-state index in [1.807, 2.05) is 0 Å². The predicted molar refractivity (Wildman–Crippen MR) is 101 cm³/mol. The first-order chi connectivity index (χ1) is 11.7. The van der Waals surface area contributed by atoms with Crippen LogP contribution in [0.1, 0.15) is 37.3 Å². The molecular weight excluding hydrogens is 321 g/mol. The van der Waals surface area contributed by atoms with Crippen molar-refractivity contribution in [2.24, 2.45) is 10.1 Å². The molecule has 5 heteroatoms. The molecule has 0 saturated carbocycles. The molecule has 1 aliphatic rings. The Morgan fingerprint density at radius 3 is 2.58 bits per heavy atom. The molecule has 0 aromatic heterocycles. The van der Waals surface area contributed by atoms with Gasteiger partial charge in [0.25, 0.3) is 0 Å². The van der Waals surface area contributed by atoms with Gasteiger partial charge in [-0.3, -0.25) is 5.43 Å². The standard InChI is InChI=1S/C19H20FN3S/c1-3-13(2)14-8-10-15(11-9-14)18-12-24-19(23-22-18)21-17-7-5-4-6-16(17)20/h4-11,13H,3,12H2,1-2H3,(H,21,23)/t13-/m1/s1. The van der Waals surface area contributed by atoms with Crippen molar-refractivity contribution in [1.82, 2.24) is 5.43 Å². The summed E-state index contributed by atoms with van der Waals surface area (Å²) < 4.78 is 13.6. The number of amidine groups is 1. The highest BCUT2D eigenvalue weighted by molar-refractivity contribution is 8.14. The zero-order valence-electron chi connectivity index (χ0n) is 13.8. The van der Waals surface area contributed by atoms with E-state index < -0.39 is 0 Å². The lowest BCUT2D eigenvalue weighted by Gasteiger charge is -2.16. The van der Waals surface area contributed by atoms with Gasteiger partial charge in [0, 0.05) is 5.75 Å². The first-order valence-corrected chi connectivity index (χ1v) is 9.05. The van der Waals surface area contributed by atoms with E-state index in [9.17, 15) is 4.39 Å². The van der Waals surface area contributed by atoms with Crippen molar-refractivity contribution < 1.29 is 4.39 Å². The Hall–Kier alpha value is -2.14. The fourth-order valence-corrected chi connectivity index (χ4v) is 3.19. The van der Waals surface area contributed by atoms with Crippen LogP contribution in [-0.2, 0) is 0 Å². The molecule has 0 amide bonds. The molecule has 1 aliphatic heterocycles. The van der Waals surface area contributed by atoms with E-state index in [2.05, 4.69) is 53.6 Å². The van der Waals surface area contributed by atoms with Gasteiger partial charge in [-0.05, 0) is 35.6 Å². The number of hydrogen-bond donors (Lipinski definition) is 1. The summed E-state index contributed by atoms with van der Waals surface area (Å²) in [6.45, 7) is 4.43. The van der Waals surface area contributed by atoms with Crippen LogP contribution < -0.4 is 5.43 Å². The van der Waals surface area contributed by atoms with Crippen molar-refractivity contribution in [1.29, 1.82) is 0 Å². The van der Waals surface area contributed by atoms with Crippen molar-refractivity contribution >= 4 is 28.3 Å². The molecular formula is C19H20FN3S. The monoisotopic (exact) mass is 341 g/mol. The van der Waals surface area contributed by atoms with Crippen molar-refractivity contribution in [3.63, 3.8) is 0 Å². The number of nitrogens with one attached hydrogen (secondary N) is 1. The Morgan fingerprint density at radius 1 is 1.21 bits per heavy atom. The minimum atomic E-state index is -0.331. The second kappa shape index (κ2) is 7.62. The molecule has 0 saturated heterocycles. The summed E-state index contributed by atoms with van der Waals surface area (Å²) in [5.74, 6) is 0.949. The van der Waals surface area contributed by atoms with Crippen LogP contribution in [-0.4, -0.2) is 16.6 Å². The second-order valence-electron chi connectivity index (χ2n) is 5.76. The van der Waals surface area contributed by atoms with Crippen molar-refractivity contribution in [2.45, 2.75) is 26.2 Å². The lowest BCUT2D eigenvalue weighted by molar-refractivity contribution is 0.630. The van der Waals surface area contributed by atoms with Crippen LogP contribution in [0.5, 0.6) is 0 Å². The molecule has 3 nitrogen and oxygen atoms in total. The molecule has 1 heterocycles. The normalized spacial score (nSPS) is 17.3. The van der Waals surface area contributed by atoms with Crippen LogP contribution in [0, 0.1) is 5.82 Å². The molecule has 24 heavy (non-hydrogen) atoms. The quantitative estimate of drug-likeness (QED) is 0.843. The van der Waals surface area contributed by atoms with Crippen LogP contribution in [0.25, 0.3) is 0 Å². The van der Waals surface area contributed by atoms with Gasteiger partial charge in [-0.1, -0.05) is 62.0 Å². The maximum absolute atomic E-state index is 13.6. The number of halogens is 1. The summed E-state index contributed by atoms with van der Waals surface area (Å²) >= 11 is 1.53. The number of benzene rings is 2. The van der Waals surface area contributed by atoms with Gasteiger partial charge in [0.15, 0.2) is 5.17 Å². The molecule has 0 unspecified atom stereocenters. The first-order valence-electron chi connectivity index (χ1n) is 8.06. The summed E-state index contributed by atoms with van der Waals surface area (Å²) in [4.78, 5) is 4.28. The van der Waals surface area contributed by atoms with E-state index in [1.54, 1.807) is 18.2 Å². The summed E-state index contributed by atoms with van der Waals surface area (Å²) in [6.07, 6.45) is 1.13. The topological polar surface area (TPSA) is 36.8 Å². The first kappa shape index (κ1) is 16.7. The third kappa shape index (κ3) is 3.85. The van der Waals surface area contributed by atoms with Gasteiger partial charge in [-0.25, -0.2) is 9.38 Å². The smallest absolute Gasteiger partial charge is 0.182 e. The van der Waals surface area contributed by atoms with E-state index >= 15 is 0 Å². The van der Waals surface area contributed by atoms with E-state index in [4.69, 9.17) is 0 Å². The Balaban J connectivity index is 1.72. The Bertz CT molecular complexity index is 768. The Morgan fingerprint density at radius 2 is 1.96 bits per heavy atom. The summed E-state index contributed by atoms with van der Waals surface area (Å²) in [7, 11) is 0. The molecule has 1 atom stereocenters. The SMILES string of the molecule is CC[C@@H](C)c1ccc(C2=NNC(=Nc3ccccc3F)SC2)cc1. The molecule has 124 valence electrons. The highest BCUT2D eigenvalue weighted by Crippen LogP contribution is 2.22. The van der Waals surface area contributed by atoms with E-state index in [0.717, 1.165) is 17.7 Å². The molecule has 3 rings (SSSR count). The minimum Gasteiger partial charge on any atom is -0.255 e. The molecule has 2 aromatic rings. The van der Waals surface area contributed by atoms with Gasteiger partial charge in [-0.2, -0.15) is 5.10 Å². The summed E-state index contributed by atoms with van der Waals surface area (Å²) in [6, 6.07) is 15.0. The number of thioether (sulfide) groups is 1. The average molecular weight is 341 g/mol. The van der Waals surface area contributed by atoms with Crippen LogP contribution in [0.15, 0.2) is 58.6 Å². The fourth-order valence-electron chi connectivity index (χ4n) is 2.41. The molecule has 0 aliphatic carbocycles. The summed E-state index contributed by atoms with van der Waals surface area (Å²) in [5, 5.41) is 5.01. The van der Waals surface area contributed by atoms with E-state index in [1.165, 1.54) is 23.4 Å². The highest BCUT2D eigenvalue weighted by atomic mass is 32.2. The number of para-hydroxylation sites is 1. The predicted octanol–water partition coefficient (Wildman–Crippen LogP) is 5.07. The highest BCUT2D eigenvalue weighted by Gasteiger charge is 2.14. The van der Waals surface area contributed by atoms with Crippen LogP contribution in [0.2, 0.25) is 0 Å². The summed E-state index contributed by atoms with van der Waals surface area (Å²) in [5.41, 5.74) is 6.68. The molecule has 1 N–H and O–H groups in total. The van der Waals surface area contributed by atoms with Crippen molar-refractivity contribution in [2.75, 3.05) is 5.75 Å². The van der Waals surface area contributed by atoms with Gasteiger partial charge in [0.2, 0.25) is 0 Å². The van der Waals surface area contributed by atoms with Crippen LogP contribution in [0.4, 0.5) is 10.1 Å². The number of rotatable bonds is 4. The maximum Gasteiger partial charge on any atom is 0.182 e. The van der Waals surface area contributed by atoms with Crippen molar-refractivity contribution in [3.05, 3.63) is 65.5 Å². The molecule has 0 fully saturated rings. The third-order valence-electron chi connectivity index (χ3n) is 4.13. The van der Waals surface area contributed by atoms with E-state index in [0.29, 0.717) is 22.5 Å². The van der Waals surface area contributed by atoms with Gasteiger partial charge < -0.3 is 0 Å².